The number of benzene rings is 2. The third kappa shape index (κ3) is 4.36. The van der Waals surface area contributed by atoms with Gasteiger partial charge in [0.2, 0.25) is 0 Å². The van der Waals surface area contributed by atoms with E-state index in [0.29, 0.717) is 25.5 Å². The Morgan fingerprint density at radius 2 is 1.60 bits per heavy atom. The summed E-state index contributed by atoms with van der Waals surface area (Å²) in [5.41, 5.74) is 3.41. The lowest BCUT2D eigenvalue weighted by atomic mass is 9.76. The monoisotopic (exact) mass is 401 g/mol. The number of amides is 1. The van der Waals surface area contributed by atoms with Gasteiger partial charge in [-0.1, -0.05) is 60.7 Å². The Balaban J connectivity index is 1.54. The summed E-state index contributed by atoms with van der Waals surface area (Å²) in [5.74, 6) is -0.164. The second kappa shape index (κ2) is 9.09. The van der Waals surface area contributed by atoms with Crippen LogP contribution in [0.2, 0.25) is 0 Å². The summed E-state index contributed by atoms with van der Waals surface area (Å²) < 4.78 is 5.42. The number of anilines is 1. The molecule has 0 radical (unpaired) electrons. The van der Waals surface area contributed by atoms with Crippen LogP contribution in [0.1, 0.15) is 28.5 Å². The first kappa shape index (κ1) is 20.1. The summed E-state index contributed by atoms with van der Waals surface area (Å²) in [6, 6.07) is 24.4. The number of aromatic nitrogens is 1. The van der Waals surface area contributed by atoms with E-state index in [4.69, 9.17) is 4.74 Å². The Bertz CT molecular complexity index is 930. The largest absolute Gasteiger partial charge is 0.378 e. The highest BCUT2D eigenvalue weighted by molar-refractivity contribution is 5.93. The quantitative estimate of drug-likeness (QED) is 0.685. The Labute approximate surface area is 177 Å². The summed E-state index contributed by atoms with van der Waals surface area (Å²) in [4.78, 5) is 19.5. The SMILES string of the molecule is CC(CNC(=O)c1cc(N2CCOCC2)ccn1)(c1ccccc1)c1ccccc1. The average Bonchev–Trinajstić information content (AvgIpc) is 2.84. The third-order valence-corrected chi connectivity index (χ3v) is 5.78. The summed E-state index contributed by atoms with van der Waals surface area (Å²) >= 11 is 0. The molecule has 1 aliphatic heterocycles. The van der Waals surface area contributed by atoms with Crippen molar-refractivity contribution in [1.29, 1.82) is 0 Å². The van der Waals surface area contributed by atoms with Crippen LogP contribution in [0.15, 0.2) is 79.0 Å². The molecule has 0 spiro atoms. The number of pyridine rings is 1. The van der Waals surface area contributed by atoms with Crippen LogP contribution in [-0.4, -0.2) is 43.7 Å². The van der Waals surface area contributed by atoms with Crippen LogP contribution in [0.3, 0.4) is 0 Å². The lowest BCUT2D eigenvalue weighted by molar-refractivity contribution is 0.0942. The number of nitrogens with zero attached hydrogens (tertiary/aromatic N) is 2. The minimum Gasteiger partial charge on any atom is -0.378 e. The van der Waals surface area contributed by atoms with Gasteiger partial charge in [-0.3, -0.25) is 9.78 Å². The lowest BCUT2D eigenvalue weighted by Gasteiger charge is -2.31. The molecule has 1 aromatic heterocycles. The van der Waals surface area contributed by atoms with E-state index in [9.17, 15) is 4.79 Å². The molecule has 1 amide bonds. The van der Waals surface area contributed by atoms with Crippen LogP contribution in [0.25, 0.3) is 0 Å². The second-order valence-corrected chi connectivity index (χ2v) is 7.75. The smallest absolute Gasteiger partial charge is 0.269 e. The van der Waals surface area contributed by atoms with Gasteiger partial charge in [-0.2, -0.15) is 0 Å². The van der Waals surface area contributed by atoms with Crippen molar-refractivity contribution >= 4 is 11.6 Å². The van der Waals surface area contributed by atoms with Gasteiger partial charge in [0.05, 0.1) is 13.2 Å². The van der Waals surface area contributed by atoms with Crippen LogP contribution in [0, 0.1) is 0 Å². The van der Waals surface area contributed by atoms with Crippen molar-refractivity contribution in [3.63, 3.8) is 0 Å². The second-order valence-electron chi connectivity index (χ2n) is 7.75. The molecule has 0 saturated carbocycles. The van der Waals surface area contributed by atoms with E-state index in [0.717, 1.165) is 29.9 Å². The number of hydrogen-bond donors (Lipinski definition) is 1. The predicted molar refractivity (Wildman–Crippen MR) is 119 cm³/mol. The topological polar surface area (TPSA) is 54.5 Å². The first-order valence-corrected chi connectivity index (χ1v) is 10.3. The Hall–Kier alpha value is -3.18. The molecule has 1 saturated heterocycles. The fourth-order valence-electron chi connectivity index (χ4n) is 3.89. The van der Waals surface area contributed by atoms with Gasteiger partial charge >= 0.3 is 0 Å². The van der Waals surface area contributed by atoms with Crippen molar-refractivity contribution in [3.05, 3.63) is 95.8 Å². The fourth-order valence-corrected chi connectivity index (χ4v) is 3.89. The zero-order valence-electron chi connectivity index (χ0n) is 17.3. The predicted octanol–water partition coefficient (Wildman–Crippen LogP) is 3.65. The number of carbonyl (C=O) groups excluding carboxylic acids is 1. The van der Waals surface area contributed by atoms with Crippen LogP contribution in [0.5, 0.6) is 0 Å². The highest BCUT2D eigenvalue weighted by Crippen LogP contribution is 2.31. The Morgan fingerprint density at radius 3 is 2.20 bits per heavy atom. The highest BCUT2D eigenvalue weighted by Gasteiger charge is 2.29. The average molecular weight is 402 g/mol. The molecular formula is C25H27N3O2. The Morgan fingerprint density at radius 1 is 1.00 bits per heavy atom. The summed E-state index contributed by atoms with van der Waals surface area (Å²) in [5, 5.41) is 3.12. The number of morpholine rings is 1. The normalized spacial score (nSPS) is 14.4. The first-order chi connectivity index (χ1) is 14.7. The van der Waals surface area contributed by atoms with Crippen molar-refractivity contribution in [3.8, 4) is 0 Å². The number of hydrogen-bond acceptors (Lipinski definition) is 4. The molecule has 5 heteroatoms. The van der Waals surface area contributed by atoms with Crippen LogP contribution in [0.4, 0.5) is 5.69 Å². The third-order valence-electron chi connectivity index (χ3n) is 5.78. The van der Waals surface area contributed by atoms with Crippen LogP contribution >= 0.6 is 0 Å². The molecule has 5 nitrogen and oxygen atoms in total. The van der Waals surface area contributed by atoms with E-state index in [1.807, 2.05) is 48.5 Å². The number of nitrogens with one attached hydrogen (secondary N) is 1. The lowest BCUT2D eigenvalue weighted by Crippen LogP contribution is -2.40. The molecule has 1 fully saturated rings. The van der Waals surface area contributed by atoms with Crippen molar-refractivity contribution in [2.45, 2.75) is 12.3 Å². The number of ether oxygens (including phenoxy) is 1. The molecule has 3 aromatic rings. The van der Waals surface area contributed by atoms with Gasteiger partial charge in [0.15, 0.2) is 0 Å². The van der Waals surface area contributed by atoms with Gasteiger partial charge < -0.3 is 15.0 Å². The van der Waals surface area contributed by atoms with Crippen LogP contribution in [-0.2, 0) is 10.2 Å². The molecule has 2 heterocycles. The van der Waals surface area contributed by atoms with Gasteiger partial charge in [-0.15, -0.1) is 0 Å². The van der Waals surface area contributed by atoms with Crippen molar-refractivity contribution < 1.29 is 9.53 Å². The molecule has 4 rings (SSSR count). The van der Waals surface area contributed by atoms with Gasteiger partial charge in [-0.05, 0) is 30.2 Å². The molecule has 0 unspecified atom stereocenters. The first-order valence-electron chi connectivity index (χ1n) is 10.3. The maximum absolute atomic E-state index is 13.0. The van der Waals surface area contributed by atoms with Crippen LogP contribution < -0.4 is 10.2 Å². The van der Waals surface area contributed by atoms with Gasteiger partial charge in [0.1, 0.15) is 5.69 Å². The van der Waals surface area contributed by atoms with Crippen molar-refractivity contribution in [1.82, 2.24) is 10.3 Å². The summed E-state index contributed by atoms with van der Waals surface area (Å²) in [7, 11) is 0. The zero-order valence-corrected chi connectivity index (χ0v) is 17.3. The fraction of sp³-hybridized carbons (Fsp3) is 0.280. The maximum Gasteiger partial charge on any atom is 0.269 e. The molecule has 1 aliphatic rings. The minimum atomic E-state index is -0.347. The molecule has 2 aromatic carbocycles. The van der Waals surface area contributed by atoms with E-state index in [-0.39, 0.29) is 11.3 Å². The minimum absolute atomic E-state index is 0.164. The van der Waals surface area contributed by atoms with Crippen molar-refractivity contribution in [2.24, 2.45) is 0 Å². The van der Waals surface area contributed by atoms with E-state index >= 15 is 0 Å². The van der Waals surface area contributed by atoms with Gasteiger partial charge in [0.25, 0.3) is 5.91 Å². The molecule has 0 atom stereocenters. The van der Waals surface area contributed by atoms with Gasteiger partial charge in [-0.25, -0.2) is 0 Å². The maximum atomic E-state index is 13.0. The molecular weight excluding hydrogens is 374 g/mol. The molecule has 0 bridgehead atoms. The molecule has 154 valence electrons. The number of carbonyl (C=O) groups is 1. The summed E-state index contributed by atoms with van der Waals surface area (Å²) in [6.45, 7) is 5.70. The summed E-state index contributed by atoms with van der Waals surface area (Å²) in [6.07, 6.45) is 1.70. The van der Waals surface area contributed by atoms with E-state index in [2.05, 4.69) is 46.4 Å². The molecule has 1 N–H and O–H groups in total. The van der Waals surface area contributed by atoms with Gasteiger partial charge in [0, 0.05) is 36.9 Å². The molecule has 30 heavy (non-hydrogen) atoms. The standard InChI is InChI=1S/C25H27N3O2/c1-25(20-8-4-2-5-9-20,21-10-6-3-7-11-21)19-27-24(29)23-18-22(12-13-26-23)28-14-16-30-17-15-28/h2-13,18H,14-17,19H2,1H3,(H,27,29). The zero-order chi connectivity index (χ0) is 20.8. The number of rotatable bonds is 6. The highest BCUT2D eigenvalue weighted by atomic mass is 16.5. The van der Waals surface area contributed by atoms with E-state index in [1.165, 1.54) is 0 Å². The van der Waals surface area contributed by atoms with E-state index < -0.39 is 0 Å². The van der Waals surface area contributed by atoms with Crippen molar-refractivity contribution in [2.75, 3.05) is 37.7 Å². The molecule has 0 aliphatic carbocycles. The Kier molecular flexibility index (Phi) is 6.10. The van der Waals surface area contributed by atoms with E-state index in [1.54, 1.807) is 6.20 Å².